The third-order valence-corrected chi connectivity index (χ3v) is 3.58. The first kappa shape index (κ1) is 19.2. The average Bonchev–Trinajstić information content (AvgIpc) is 2.51. The Labute approximate surface area is 139 Å². The van der Waals surface area contributed by atoms with Crippen molar-refractivity contribution in [3.05, 3.63) is 35.4 Å². The van der Waals surface area contributed by atoms with Crippen LogP contribution in [0.15, 0.2) is 24.3 Å². The van der Waals surface area contributed by atoms with E-state index in [1.807, 2.05) is 31.3 Å². The highest BCUT2D eigenvalue weighted by Gasteiger charge is 2.14. The molecule has 0 aliphatic rings. The van der Waals surface area contributed by atoms with Crippen molar-refractivity contribution in [3.8, 4) is 0 Å². The second-order valence-electron chi connectivity index (χ2n) is 6.64. The van der Waals surface area contributed by atoms with E-state index in [0.29, 0.717) is 25.1 Å². The van der Waals surface area contributed by atoms with Gasteiger partial charge in [-0.2, -0.15) is 0 Å². The third-order valence-electron chi connectivity index (χ3n) is 3.58. The van der Waals surface area contributed by atoms with E-state index in [0.717, 1.165) is 13.0 Å². The first-order chi connectivity index (χ1) is 10.8. The van der Waals surface area contributed by atoms with Crippen LogP contribution in [0.5, 0.6) is 0 Å². The van der Waals surface area contributed by atoms with E-state index in [2.05, 4.69) is 36.7 Å². The van der Waals surface area contributed by atoms with Crippen molar-refractivity contribution < 1.29 is 9.59 Å². The molecule has 0 fully saturated rings. The SMILES string of the molecule is CNCCCNC(=O)CCNC(=O)c1ccc(C(C)(C)C)cc1. The van der Waals surface area contributed by atoms with E-state index in [1.165, 1.54) is 5.56 Å². The van der Waals surface area contributed by atoms with E-state index >= 15 is 0 Å². The maximum atomic E-state index is 12.0. The zero-order chi connectivity index (χ0) is 17.3. The van der Waals surface area contributed by atoms with E-state index in [9.17, 15) is 9.59 Å². The van der Waals surface area contributed by atoms with E-state index in [1.54, 1.807) is 0 Å². The van der Waals surface area contributed by atoms with Crippen LogP contribution in [0.25, 0.3) is 0 Å². The maximum Gasteiger partial charge on any atom is 0.251 e. The summed E-state index contributed by atoms with van der Waals surface area (Å²) in [6.07, 6.45) is 1.19. The Hall–Kier alpha value is -1.88. The topological polar surface area (TPSA) is 70.2 Å². The Kier molecular flexibility index (Phi) is 7.75. The van der Waals surface area contributed by atoms with Crippen LogP contribution >= 0.6 is 0 Å². The molecule has 5 heteroatoms. The summed E-state index contributed by atoms with van der Waals surface area (Å²) >= 11 is 0. The molecule has 5 nitrogen and oxygen atoms in total. The number of hydrogen-bond donors (Lipinski definition) is 3. The average molecular weight is 319 g/mol. The summed E-state index contributed by atoms with van der Waals surface area (Å²) in [5.74, 6) is -0.182. The molecule has 0 aliphatic heterocycles. The van der Waals surface area contributed by atoms with Crippen LogP contribution in [0.3, 0.4) is 0 Å². The second-order valence-corrected chi connectivity index (χ2v) is 6.64. The lowest BCUT2D eigenvalue weighted by Crippen LogP contribution is -2.31. The summed E-state index contributed by atoms with van der Waals surface area (Å²) < 4.78 is 0. The number of carbonyl (C=O) groups excluding carboxylic acids is 2. The molecule has 0 aliphatic carbocycles. The van der Waals surface area contributed by atoms with Gasteiger partial charge in [-0.1, -0.05) is 32.9 Å². The minimum Gasteiger partial charge on any atom is -0.356 e. The van der Waals surface area contributed by atoms with Crippen molar-refractivity contribution in [2.75, 3.05) is 26.7 Å². The molecule has 0 saturated carbocycles. The van der Waals surface area contributed by atoms with Gasteiger partial charge >= 0.3 is 0 Å². The van der Waals surface area contributed by atoms with Gasteiger partial charge in [0.15, 0.2) is 0 Å². The Bertz CT molecular complexity index is 504. The first-order valence-electron chi connectivity index (χ1n) is 8.14. The number of carbonyl (C=O) groups is 2. The summed E-state index contributed by atoms with van der Waals surface area (Å²) in [5, 5.41) is 8.62. The molecule has 128 valence electrons. The van der Waals surface area contributed by atoms with Gasteiger partial charge in [-0.15, -0.1) is 0 Å². The zero-order valence-electron chi connectivity index (χ0n) is 14.7. The Morgan fingerprint density at radius 2 is 1.61 bits per heavy atom. The van der Waals surface area contributed by atoms with Crippen LogP contribution in [-0.4, -0.2) is 38.5 Å². The predicted octanol–water partition coefficient (Wildman–Crippen LogP) is 1.83. The van der Waals surface area contributed by atoms with E-state index < -0.39 is 0 Å². The van der Waals surface area contributed by atoms with Crippen LogP contribution in [0.2, 0.25) is 0 Å². The van der Waals surface area contributed by atoms with E-state index in [-0.39, 0.29) is 17.2 Å². The molecule has 0 atom stereocenters. The van der Waals surface area contributed by atoms with Crippen LogP contribution in [-0.2, 0) is 10.2 Å². The maximum absolute atomic E-state index is 12.0. The molecule has 23 heavy (non-hydrogen) atoms. The van der Waals surface area contributed by atoms with Crippen molar-refractivity contribution >= 4 is 11.8 Å². The smallest absolute Gasteiger partial charge is 0.251 e. The number of benzene rings is 1. The molecule has 1 aromatic carbocycles. The summed E-state index contributed by atoms with van der Waals surface area (Å²) in [7, 11) is 1.88. The van der Waals surface area contributed by atoms with Crippen LogP contribution < -0.4 is 16.0 Å². The van der Waals surface area contributed by atoms with Crippen LogP contribution in [0, 0.1) is 0 Å². The number of hydrogen-bond acceptors (Lipinski definition) is 3. The highest BCUT2D eigenvalue weighted by atomic mass is 16.2. The highest BCUT2D eigenvalue weighted by Crippen LogP contribution is 2.22. The lowest BCUT2D eigenvalue weighted by Gasteiger charge is -2.19. The Morgan fingerprint density at radius 1 is 0.957 bits per heavy atom. The van der Waals surface area contributed by atoms with Crippen molar-refractivity contribution in [1.82, 2.24) is 16.0 Å². The molecular weight excluding hydrogens is 290 g/mol. The Morgan fingerprint density at radius 3 is 2.17 bits per heavy atom. The van der Waals surface area contributed by atoms with Crippen molar-refractivity contribution in [2.24, 2.45) is 0 Å². The molecule has 0 unspecified atom stereocenters. The van der Waals surface area contributed by atoms with Crippen molar-refractivity contribution in [2.45, 2.75) is 39.0 Å². The standard InChI is InChI=1S/C18H29N3O2/c1-18(2,3)15-8-6-14(7-9-15)17(23)21-13-10-16(22)20-12-5-11-19-4/h6-9,19H,5,10-13H2,1-4H3,(H,20,22)(H,21,23). The van der Waals surface area contributed by atoms with Crippen molar-refractivity contribution in [1.29, 1.82) is 0 Å². The molecule has 0 saturated heterocycles. The van der Waals surface area contributed by atoms with Crippen molar-refractivity contribution in [3.63, 3.8) is 0 Å². The summed E-state index contributed by atoms with van der Waals surface area (Å²) in [5.41, 5.74) is 1.88. The molecule has 0 bridgehead atoms. The fraction of sp³-hybridized carbons (Fsp3) is 0.556. The molecule has 3 N–H and O–H groups in total. The van der Waals surface area contributed by atoms with Gasteiger partial charge in [-0.05, 0) is 43.1 Å². The van der Waals surface area contributed by atoms with E-state index in [4.69, 9.17) is 0 Å². The molecule has 0 spiro atoms. The predicted molar refractivity (Wildman–Crippen MR) is 93.6 cm³/mol. The molecule has 2 amide bonds. The van der Waals surface area contributed by atoms with Crippen LogP contribution in [0.4, 0.5) is 0 Å². The molecule has 0 radical (unpaired) electrons. The zero-order valence-corrected chi connectivity index (χ0v) is 14.7. The molecule has 1 rings (SSSR count). The van der Waals surface area contributed by atoms with Gasteiger partial charge in [0, 0.05) is 25.1 Å². The largest absolute Gasteiger partial charge is 0.356 e. The van der Waals surface area contributed by atoms with Gasteiger partial charge in [0.25, 0.3) is 5.91 Å². The molecule has 1 aromatic rings. The fourth-order valence-electron chi connectivity index (χ4n) is 2.09. The quantitative estimate of drug-likeness (QED) is 0.640. The fourth-order valence-corrected chi connectivity index (χ4v) is 2.09. The number of nitrogens with one attached hydrogen (secondary N) is 3. The monoisotopic (exact) mass is 319 g/mol. The van der Waals surface area contributed by atoms with Gasteiger partial charge in [0.1, 0.15) is 0 Å². The summed E-state index contributed by atoms with van der Waals surface area (Å²) in [6, 6.07) is 7.61. The summed E-state index contributed by atoms with van der Waals surface area (Å²) in [4.78, 5) is 23.6. The Balaban J connectivity index is 2.32. The minimum atomic E-state index is -0.145. The first-order valence-corrected chi connectivity index (χ1v) is 8.14. The van der Waals surface area contributed by atoms with Gasteiger partial charge < -0.3 is 16.0 Å². The van der Waals surface area contributed by atoms with Gasteiger partial charge in [0.2, 0.25) is 5.91 Å². The van der Waals surface area contributed by atoms with Gasteiger partial charge in [-0.3, -0.25) is 9.59 Å². The molecular formula is C18H29N3O2. The minimum absolute atomic E-state index is 0.0375. The van der Waals surface area contributed by atoms with Gasteiger partial charge in [-0.25, -0.2) is 0 Å². The van der Waals surface area contributed by atoms with Crippen LogP contribution in [0.1, 0.15) is 49.5 Å². The molecule has 0 heterocycles. The lowest BCUT2D eigenvalue weighted by molar-refractivity contribution is -0.120. The number of amides is 2. The lowest BCUT2D eigenvalue weighted by atomic mass is 9.87. The highest BCUT2D eigenvalue weighted by molar-refractivity contribution is 5.94. The normalized spacial score (nSPS) is 11.1. The third kappa shape index (κ3) is 7.28. The van der Waals surface area contributed by atoms with Gasteiger partial charge in [0.05, 0.1) is 0 Å². The number of rotatable bonds is 8. The second kappa shape index (κ2) is 9.30. The molecule has 0 aromatic heterocycles. The summed E-state index contributed by atoms with van der Waals surface area (Å²) in [6.45, 7) is 8.28.